The van der Waals surface area contributed by atoms with Crippen LogP contribution in [0.2, 0.25) is 0 Å². The molecule has 6 heavy (non-hydrogen) atoms. The molecule has 0 aliphatic carbocycles. The molecular weight excluding hydrogens is 85.0 g/mol. The number of oxazole rings is 1. The molecule has 0 saturated heterocycles. The van der Waals surface area contributed by atoms with Crippen LogP contribution in [0.25, 0.3) is 0 Å². The zero-order valence-electron chi connectivity index (χ0n) is 2.81. The van der Waals surface area contributed by atoms with Gasteiger partial charge in [-0.3, -0.25) is 0 Å². The van der Waals surface area contributed by atoms with Crippen LogP contribution in [0, 0.1) is 12.3 Å². The Morgan fingerprint density at radius 2 is 2.83 bits per heavy atom. The van der Waals surface area contributed by atoms with Crippen molar-refractivity contribution >= 4 is 0 Å². The van der Waals surface area contributed by atoms with Crippen LogP contribution in [-0.4, -0.2) is 4.98 Å². The highest BCUT2D eigenvalue weighted by Gasteiger charge is 1.84. The highest BCUT2D eigenvalue weighted by Crippen LogP contribution is 1.85. The molecule has 0 N–H and O–H groups in total. The monoisotopic (exact) mass is 86.0 g/mol. The zero-order chi connectivity index (χ0) is 4.41. The van der Waals surface area contributed by atoms with Crippen LogP contribution in [0.3, 0.4) is 0 Å². The van der Waals surface area contributed by atoms with E-state index in [1.807, 2.05) is 0 Å². The Bertz CT molecular complexity index is 114. The van der Waals surface area contributed by atoms with Gasteiger partial charge >= 0.3 is 6.14 Å². The lowest BCUT2D eigenvalue weighted by atomic mass is 11.0. The molecule has 3 heteroatoms. The maximum Gasteiger partial charge on any atom is 0.382 e. The Morgan fingerprint density at radius 1 is 2.00 bits per heavy atom. The third kappa shape index (κ3) is 0.381. The largest absolute Gasteiger partial charge is 0.423 e. The fraction of sp³-hybridized carbons (Fsp3) is 0. The average Bonchev–Trinajstić information content (AvgIpc) is 1.86. The summed E-state index contributed by atoms with van der Waals surface area (Å²) in [6, 6.07) is 0. The van der Waals surface area contributed by atoms with Gasteiger partial charge < -0.3 is 4.42 Å². The summed E-state index contributed by atoms with van der Waals surface area (Å²) in [4.78, 5) is 2.96. The molecular formula is C3HFNO. The summed E-state index contributed by atoms with van der Waals surface area (Å²) in [7, 11) is 0. The van der Waals surface area contributed by atoms with Crippen molar-refractivity contribution in [2.24, 2.45) is 0 Å². The van der Waals surface area contributed by atoms with E-state index in [-0.39, 0.29) is 0 Å². The minimum atomic E-state index is -0.838. The van der Waals surface area contributed by atoms with Crippen LogP contribution in [-0.2, 0) is 0 Å². The molecule has 0 saturated carbocycles. The fourth-order valence-corrected chi connectivity index (χ4v) is 0.178. The first-order chi connectivity index (χ1) is 2.89. The quantitative estimate of drug-likeness (QED) is 0.462. The second-order valence-corrected chi connectivity index (χ2v) is 0.730. The van der Waals surface area contributed by atoms with E-state index < -0.39 is 6.14 Å². The third-order valence-corrected chi connectivity index (χ3v) is 0.361. The molecule has 2 nitrogen and oxygen atoms in total. The molecule has 0 aliphatic heterocycles. The van der Waals surface area contributed by atoms with Crippen LogP contribution >= 0.6 is 0 Å². The lowest BCUT2D eigenvalue weighted by molar-refractivity contribution is 0.336. The van der Waals surface area contributed by atoms with E-state index in [0.29, 0.717) is 0 Å². The highest BCUT2D eigenvalue weighted by molar-refractivity contribution is 4.56. The summed E-state index contributed by atoms with van der Waals surface area (Å²) in [6.45, 7) is 0. The first-order valence-corrected chi connectivity index (χ1v) is 1.36. The van der Waals surface area contributed by atoms with Crippen molar-refractivity contribution in [3.05, 3.63) is 18.6 Å². The molecule has 0 atom stereocenters. The zero-order valence-corrected chi connectivity index (χ0v) is 2.81. The topological polar surface area (TPSA) is 26.0 Å². The number of hydrogen-bond acceptors (Lipinski definition) is 2. The van der Waals surface area contributed by atoms with E-state index in [1.165, 1.54) is 0 Å². The Balaban J connectivity index is 3.05. The molecule has 31 valence electrons. The number of nitrogens with zero attached hydrogens (tertiary/aromatic N) is 1. The van der Waals surface area contributed by atoms with Crippen LogP contribution in [0.4, 0.5) is 4.39 Å². The van der Waals surface area contributed by atoms with Gasteiger partial charge in [0.15, 0.2) is 0 Å². The predicted octanol–water partition coefficient (Wildman–Crippen LogP) is 0.614. The van der Waals surface area contributed by atoms with Gasteiger partial charge in [-0.15, -0.1) is 4.39 Å². The van der Waals surface area contributed by atoms with Crippen molar-refractivity contribution in [2.45, 2.75) is 0 Å². The minimum absolute atomic E-state index is 0.838. The molecule has 0 aliphatic rings. The second kappa shape index (κ2) is 1.08. The molecule has 0 aromatic carbocycles. The predicted molar refractivity (Wildman–Crippen MR) is 15.3 cm³/mol. The van der Waals surface area contributed by atoms with Gasteiger partial charge in [-0.05, 0) is 0 Å². The normalized spacial score (nSPS) is 8.83. The molecule has 0 amide bonds. The van der Waals surface area contributed by atoms with Gasteiger partial charge in [-0.2, -0.15) is 4.98 Å². The Kier molecular flexibility index (Phi) is 0.602. The average molecular weight is 86.0 g/mol. The lowest BCUT2D eigenvalue weighted by Gasteiger charge is -1.61. The maximum absolute atomic E-state index is 11.4. The SMILES string of the molecule is Fc1n[c]co1. The van der Waals surface area contributed by atoms with Crippen LogP contribution < -0.4 is 0 Å². The minimum Gasteiger partial charge on any atom is -0.423 e. The van der Waals surface area contributed by atoms with Gasteiger partial charge in [0.1, 0.15) is 12.5 Å². The first kappa shape index (κ1) is 3.33. The first-order valence-electron chi connectivity index (χ1n) is 1.36. The molecule has 0 bridgehead atoms. The molecule has 1 rings (SSSR count). The number of rotatable bonds is 0. The Labute approximate surface area is 33.6 Å². The van der Waals surface area contributed by atoms with Crippen LogP contribution in [0.1, 0.15) is 0 Å². The highest BCUT2D eigenvalue weighted by atomic mass is 19.1. The molecule has 1 radical (unpaired) electrons. The molecule has 0 unspecified atom stereocenters. The number of hydrogen-bond donors (Lipinski definition) is 0. The van der Waals surface area contributed by atoms with Crippen molar-refractivity contribution < 1.29 is 8.81 Å². The van der Waals surface area contributed by atoms with Crippen molar-refractivity contribution in [3.63, 3.8) is 0 Å². The summed E-state index contributed by atoms with van der Waals surface area (Å²) in [5, 5.41) is 0. The number of halogens is 1. The van der Waals surface area contributed by atoms with Gasteiger partial charge in [0, 0.05) is 0 Å². The van der Waals surface area contributed by atoms with E-state index in [9.17, 15) is 4.39 Å². The van der Waals surface area contributed by atoms with Crippen molar-refractivity contribution in [1.29, 1.82) is 0 Å². The number of aromatic nitrogens is 1. The van der Waals surface area contributed by atoms with Crippen LogP contribution in [0.15, 0.2) is 10.7 Å². The Morgan fingerprint density at radius 3 is 3.00 bits per heavy atom. The molecule has 0 spiro atoms. The summed E-state index contributed by atoms with van der Waals surface area (Å²) in [5.41, 5.74) is 0. The van der Waals surface area contributed by atoms with Gasteiger partial charge in [0.05, 0.1) is 0 Å². The summed E-state index contributed by atoms with van der Waals surface area (Å²) < 4.78 is 15.4. The van der Waals surface area contributed by atoms with Gasteiger partial charge in [0.2, 0.25) is 0 Å². The summed E-state index contributed by atoms with van der Waals surface area (Å²) >= 11 is 0. The summed E-state index contributed by atoms with van der Waals surface area (Å²) in [5.74, 6) is 0. The van der Waals surface area contributed by atoms with Gasteiger partial charge in [-0.25, -0.2) is 0 Å². The smallest absolute Gasteiger partial charge is 0.382 e. The molecule has 1 heterocycles. The van der Waals surface area contributed by atoms with E-state index in [4.69, 9.17) is 0 Å². The van der Waals surface area contributed by atoms with E-state index >= 15 is 0 Å². The fourth-order valence-electron chi connectivity index (χ4n) is 0.178. The lowest BCUT2D eigenvalue weighted by Crippen LogP contribution is -1.61. The molecule has 1 aromatic heterocycles. The van der Waals surface area contributed by atoms with E-state index in [1.54, 1.807) is 0 Å². The van der Waals surface area contributed by atoms with Crippen molar-refractivity contribution in [2.75, 3.05) is 0 Å². The Hall–Kier alpha value is -0.860. The van der Waals surface area contributed by atoms with E-state index in [2.05, 4.69) is 15.6 Å². The third-order valence-electron chi connectivity index (χ3n) is 0.361. The summed E-state index contributed by atoms with van der Waals surface area (Å²) in [6.07, 6.45) is 2.35. The maximum atomic E-state index is 11.4. The van der Waals surface area contributed by atoms with Crippen molar-refractivity contribution in [3.8, 4) is 0 Å². The van der Waals surface area contributed by atoms with Crippen molar-refractivity contribution in [1.82, 2.24) is 4.98 Å². The molecule has 1 aromatic rings. The van der Waals surface area contributed by atoms with Crippen LogP contribution in [0.5, 0.6) is 0 Å². The van der Waals surface area contributed by atoms with E-state index in [0.717, 1.165) is 6.26 Å². The second-order valence-electron chi connectivity index (χ2n) is 0.730. The standard InChI is InChI=1S/C3HFNO/c4-3-5-1-2-6-3/h2H. The van der Waals surface area contributed by atoms with Gasteiger partial charge in [0.25, 0.3) is 0 Å². The van der Waals surface area contributed by atoms with Gasteiger partial charge in [-0.1, -0.05) is 0 Å². The molecule has 0 fully saturated rings.